The van der Waals surface area contributed by atoms with Crippen LogP contribution < -0.4 is 4.74 Å². The van der Waals surface area contributed by atoms with E-state index in [9.17, 15) is 0 Å². The van der Waals surface area contributed by atoms with Crippen LogP contribution in [0.25, 0.3) is 11.3 Å². The second-order valence-electron chi connectivity index (χ2n) is 3.80. The van der Waals surface area contributed by atoms with Crippen LogP contribution in [0.1, 0.15) is 5.56 Å². The van der Waals surface area contributed by atoms with Crippen molar-refractivity contribution in [3.63, 3.8) is 0 Å². The third kappa shape index (κ3) is 2.16. The fraction of sp³-hybridized carbons (Fsp3) is 0.214. The second kappa shape index (κ2) is 4.75. The normalized spacial score (nSPS) is 9.94. The number of benzene rings is 1. The van der Waals surface area contributed by atoms with Gasteiger partial charge in [-0.1, -0.05) is 0 Å². The maximum atomic E-state index is 5.36. The average molecular weight is 226 g/mol. The van der Waals surface area contributed by atoms with Crippen LogP contribution in [-0.2, 0) is 13.5 Å². The lowest BCUT2D eigenvalue weighted by molar-refractivity contribution is 0.411. The van der Waals surface area contributed by atoms with Gasteiger partial charge in [-0.15, -0.1) is 12.3 Å². The Bertz CT molecular complexity index is 564. The Morgan fingerprint density at radius 2 is 2.29 bits per heavy atom. The van der Waals surface area contributed by atoms with Crippen LogP contribution in [0.2, 0.25) is 0 Å². The molecule has 3 nitrogen and oxygen atoms in total. The summed E-state index contributed by atoms with van der Waals surface area (Å²) in [4.78, 5) is 4.11. The van der Waals surface area contributed by atoms with Gasteiger partial charge in [-0.05, 0) is 18.2 Å². The lowest BCUT2D eigenvalue weighted by Gasteiger charge is -2.09. The Morgan fingerprint density at radius 1 is 1.47 bits per heavy atom. The minimum Gasteiger partial charge on any atom is -0.496 e. The van der Waals surface area contributed by atoms with Gasteiger partial charge in [-0.3, -0.25) is 0 Å². The maximum Gasteiger partial charge on any atom is 0.123 e. The molecule has 0 aliphatic rings. The van der Waals surface area contributed by atoms with Crippen molar-refractivity contribution < 1.29 is 4.74 Å². The summed E-state index contributed by atoms with van der Waals surface area (Å²) in [5, 5.41) is 0. The van der Waals surface area contributed by atoms with E-state index < -0.39 is 0 Å². The summed E-state index contributed by atoms with van der Waals surface area (Å²) in [5.74, 6) is 3.47. The lowest BCUT2D eigenvalue weighted by atomic mass is 10.1. The van der Waals surface area contributed by atoms with Gasteiger partial charge in [0.1, 0.15) is 5.75 Å². The monoisotopic (exact) mass is 226 g/mol. The topological polar surface area (TPSA) is 27.1 Å². The molecule has 0 fully saturated rings. The molecule has 0 N–H and O–H groups in total. The van der Waals surface area contributed by atoms with Gasteiger partial charge < -0.3 is 9.30 Å². The molecule has 0 spiro atoms. The molecule has 2 aromatic rings. The van der Waals surface area contributed by atoms with Gasteiger partial charge in [-0.2, -0.15) is 0 Å². The van der Waals surface area contributed by atoms with Crippen LogP contribution in [0, 0.1) is 12.3 Å². The van der Waals surface area contributed by atoms with Crippen molar-refractivity contribution in [2.75, 3.05) is 7.11 Å². The van der Waals surface area contributed by atoms with Gasteiger partial charge in [-0.25, -0.2) is 4.98 Å². The zero-order chi connectivity index (χ0) is 12.3. The molecular weight excluding hydrogens is 212 g/mol. The number of hydrogen-bond acceptors (Lipinski definition) is 2. The Morgan fingerprint density at radius 3 is 2.88 bits per heavy atom. The summed E-state index contributed by atoms with van der Waals surface area (Å²) in [6, 6.07) is 6.00. The van der Waals surface area contributed by atoms with Gasteiger partial charge in [0.15, 0.2) is 0 Å². The van der Waals surface area contributed by atoms with E-state index >= 15 is 0 Å². The first kappa shape index (κ1) is 11.3. The highest BCUT2D eigenvalue weighted by Gasteiger charge is 2.07. The van der Waals surface area contributed by atoms with Crippen LogP contribution >= 0.6 is 0 Å². The smallest absolute Gasteiger partial charge is 0.123 e. The molecule has 0 saturated carbocycles. The van der Waals surface area contributed by atoms with Gasteiger partial charge in [0, 0.05) is 24.6 Å². The van der Waals surface area contributed by atoms with Gasteiger partial charge in [0.2, 0.25) is 0 Å². The largest absolute Gasteiger partial charge is 0.496 e. The Balaban J connectivity index is 2.48. The minimum absolute atomic E-state index is 0.564. The number of imidazole rings is 1. The van der Waals surface area contributed by atoms with E-state index in [-0.39, 0.29) is 0 Å². The molecule has 1 aromatic heterocycles. The summed E-state index contributed by atoms with van der Waals surface area (Å²) in [5.41, 5.74) is 3.18. The second-order valence-corrected chi connectivity index (χ2v) is 3.80. The highest BCUT2D eigenvalue weighted by atomic mass is 16.5. The van der Waals surface area contributed by atoms with Crippen LogP contribution in [-0.4, -0.2) is 16.7 Å². The van der Waals surface area contributed by atoms with Crippen LogP contribution in [0.5, 0.6) is 5.75 Å². The maximum absolute atomic E-state index is 5.36. The summed E-state index contributed by atoms with van der Waals surface area (Å²) in [6.07, 6.45) is 9.54. The Kier molecular flexibility index (Phi) is 3.15. The zero-order valence-electron chi connectivity index (χ0n) is 9.97. The van der Waals surface area contributed by atoms with Crippen LogP contribution in [0.15, 0.2) is 30.7 Å². The number of terminal acetylenes is 1. The highest BCUT2D eigenvalue weighted by molar-refractivity contribution is 5.62. The van der Waals surface area contributed by atoms with Crippen molar-refractivity contribution in [3.8, 4) is 29.4 Å². The summed E-state index contributed by atoms with van der Waals surface area (Å²) in [7, 11) is 3.62. The molecule has 0 bridgehead atoms. The molecule has 0 unspecified atom stereocenters. The third-order valence-electron chi connectivity index (χ3n) is 2.69. The molecule has 0 atom stereocenters. The molecule has 0 amide bonds. The van der Waals surface area contributed by atoms with E-state index in [1.54, 1.807) is 13.4 Å². The number of rotatable bonds is 3. The van der Waals surface area contributed by atoms with E-state index in [0.29, 0.717) is 6.42 Å². The first-order valence-corrected chi connectivity index (χ1v) is 5.33. The first-order valence-electron chi connectivity index (χ1n) is 5.33. The van der Waals surface area contributed by atoms with Crippen molar-refractivity contribution in [1.82, 2.24) is 9.55 Å². The van der Waals surface area contributed by atoms with Crippen LogP contribution in [0.3, 0.4) is 0 Å². The fourth-order valence-corrected chi connectivity index (χ4v) is 1.82. The van der Waals surface area contributed by atoms with E-state index in [4.69, 9.17) is 11.2 Å². The Labute approximate surface area is 101 Å². The summed E-state index contributed by atoms with van der Waals surface area (Å²) in [6.45, 7) is 0. The third-order valence-corrected chi connectivity index (χ3v) is 2.69. The molecule has 0 saturated heterocycles. The molecule has 3 heteroatoms. The van der Waals surface area contributed by atoms with Crippen LogP contribution in [0.4, 0.5) is 0 Å². The number of hydrogen-bond donors (Lipinski definition) is 0. The quantitative estimate of drug-likeness (QED) is 0.751. The van der Waals surface area contributed by atoms with E-state index in [0.717, 1.165) is 22.6 Å². The van der Waals surface area contributed by atoms with E-state index in [1.807, 2.05) is 29.9 Å². The minimum atomic E-state index is 0.564. The lowest BCUT2D eigenvalue weighted by Crippen LogP contribution is -1.94. The highest BCUT2D eigenvalue weighted by Crippen LogP contribution is 2.26. The van der Waals surface area contributed by atoms with Gasteiger partial charge in [0.05, 0.1) is 25.3 Å². The molecule has 17 heavy (non-hydrogen) atoms. The predicted octanol–water partition coefficient (Wildman–Crippen LogP) is 2.27. The number of methoxy groups -OCH3 is 1. The van der Waals surface area contributed by atoms with E-state index in [1.165, 1.54) is 0 Å². The van der Waals surface area contributed by atoms with Crippen molar-refractivity contribution in [2.24, 2.45) is 7.05 Å². The standard InChI is InChI=1S/C14H14N2O/c1-4-5-12-8-11(6-7-14(12)17-3)13-9-15-10-16(13)2/h1,6-10H,5H2,2-3H3. The SMILES string of the molecule is C#CCc1cc(-c2cncn2C)ccc1OC. The van der Waals surface area contributed by atoms with Crippen molar-refractivity contribution >= 4 is 0 Å². The zero-order valence-corrected chi connectivity index (χ0v) is 9.97. The molecule has 2 rings (SSSR count). The summed E-state index contributed by atoms with van der Waals surface area (Å²) < 4.78 is 7.26. The van der Waals surface area contributed by atoms with Gasteiger partial charge in [0.25, 0.3) is 0 Å². The molecular formula is C14H14N2O. The Hall–Kier alpha value is -2.21. The number of nitrogens with zero attached hydrogens (tertiary/aromatic N) is 2. The molecule has 0 aliphatic heterocycles. The number of ether oxygens (including phenoxy) is 1. The summed E-state index contributed by atoms with van der Waals surface area (Å²) >= 11 is 0. The molecule has 1 heterocycles. The average Bonchev–Trinajstić information content (AvgIpc) is 2.76. The fourth-order valence-electron chi connectivity index (χ4n) is 1.82. The van der Waals surface area contributed by atoms with E-state index in [2.05, 4.69) is 17.0 Å². The molecule has 86 valence electrons. The van der Waals surface area contributed by atoms with Crippen molar-refractivity contribution in [1.29, 1.82) is 0 Å². The van der Waals surface area contributed by atoms with Crippen molar-refractivity contribution in [3.05, 3.63) is 36.3 Å². The number of aryl methyl sites for hydroxylation is 1. The predicted molar refractivity (Wildman–Crippen MR) is 67.7 cm³/mol. The first-order chi connectivity index (χ1) is 8.26. The molecule has 1 aromatic carbocycles. The van der Waals surface area contributed by atoms with Gasteiger partial charge >= 0.3 is 0 Å². The molecule has 0 aliphatic carbocycles. The number of aromatic nitrogens is 2. The molecule has 0 radical (unpaired) electrons. The van der Waals surface area contributed by atoms with Crippen molar-refractivity contribution in [2.45, 2.75) is 6.42 Å².